The van der Waals surface area contributed by atoms with Crippen LogP contribution < -0.4 is 20.3 Å². The molecule has 2 aromatic carbocycles. The minimum Gasteiger partial charge on any atom is -0.494 e. The lowest BCUT2D eigenvalue weighted by Gasteiger charge is -2.15. The molecule has 2 N–H and O–H groups in total. The van der Waals surface area contributed by atoms with Gasteiger partial charge in [-0.05, 0) is 48.9 Å². The summed E-state index contributed by atoms with van der Waals surface area (Å²) >= 11 is 6.20. The normalized spacial score (nSPS) is 10.3. The molecular formula is C21H26ClN3O3. The molecule has 0 radical (unpaired) electrons. The first kappa shape index (κ1) is 21.6. The maximum Gasteiger partial charge on any atom is 0.251 e. The molecule has 0 aromatic heterocycles. The predicted molar refractivity (Wildman–Crippen MR) is 114 cm³/mol. The standard InChI is InChI=1S/C21H26ClN3O3/c1-4-5-12-28-17-9-6-15(7-10-17)21(27)23-14-20(26)24-16-8-11-19(25(2)3)18(22)13-16/h6-11,13H,4-5,12,14H2,1-3H3,(H,23,27)(H,24,26). The van der Waals surface area contributed by atoms with Crippen molar-refractivity contribution in [2.75, 3.05) is 37.5 Å². The third-order valence-electron chi connectivity index (χ3n) is 4.01. The quantitative estimate of drug-likeness (QED) is 0.622. The number of rotatable bonds is 9. The van der Waals surface area contributed by atoms with E-state index < -0.39 is 0 Å². The molecule has 0 spiro atoms. The lowest BCUT2D eigenvalue weighted by Crippen LogP contribution is -2.32. The van der Waals surface area contributed by atoms with Gasteiger partial charge in [-0.3, -0.25) is 9.59 Å². The van der Waals surface area contributed by atoms with Gasteiger partial charge in [0.25, 0.3) is 5.91 Å². The zero-order valence-electron chi connectivity index (χ0n) is 16.4. The minimum absolute atomic E-state index is 0.138. The van der Waals surface area contributed by atoms with Gasteiger partial charge >= 0.3 is 0 Å². The fourth-order valence-corrected chi connectivity index (χ4v) is 2.80. The SMILES string of the molecule is CCCCOc1ccc(C(=O)NCC(=O)Nc2ccc(N(C)C)c(Cl)c2)cc1. The molecular weight excluding hydrogens is 378 g/mol. The van der Waals surface area contributed by atoms with E-state index in [9.17, 15) is 9.59 Å². The molecule has 0 heterocycles. The van der Waals surface area contributed by atoms with E-state index in [0.717, 1.165) is 24.3 Å². The van der Waals surface area contributed by atoms with Crippen LogP contribution >= 0.6 is 11.6 Å². The molecule has 150 valence electrons. The van der Waals surface area contributed by atoms with Gasteiger partial charge in [-0.1, -0.05) is 24.9 Å². The van der Waals surface area contributed by atoms with Gasteiger partial charge in [-0.2, -0.15) is 0 Å². The van der Waals surface area contributed by atoms with Crippen LogP contribution in [0.3, 0.4) is 0 Å². The molecule has 0 bridgehead atoms. The highest BCUT2D eigenvalue weighted by molar-refractivity contribution is 6.33. The second-order valence-corrected chi connectivity index (χ2v) is 6.93. The number of hydrogen-bond donors (Lipinski definition) is 2. The zero-order valence-corrected chi connectivity index (χ0v) is 17.2. The molecule has 28 heavy (non-hydrogen) atoms. The second kappa shape index (κ2) is 10.6. The number of benzene rings is 2. The highest BCUT2D eigenvalue weighted by Gasteiger charge is 2.10. The lowest BCUT2D eigenvalue weighted by molar-refractivity contribution is -0.115. The first-order valence-electron chi connectivity index (χ1n) is 9.18. The highest BCUT2D eigenvalue weighted by atomic mass is 35.5. The third kappa shape index (κ3) is 6.46. The van der Waals surface area contributed by atoms with E-state index in [1.54, 1.807) is 36.4 Å². The minimum atomic E-state index is -0.332. The van der Waals surface area contributed by atoms with Gasteiger partial charge in [-0.15, -0.1) is 0 Å². The van der Waals surface area contributed by atoms with Crippen molar-refractivity contribution in [1.29, 1.82) is 0 Å². The van der Waals surface area contributed by atoms with Crippen molar-refractivity contribution in [3.8, 4) is 5.75 Å². The number of unbranched alkanes of at least 4 members (excludes halogenated alkanes) is 1. The van der Waals surface area contributed by atoms with Crippen LogP contribution in [0.5, 0.6) is 5.75 Å². The predicted octanol–water partition coefficient (Wildman–Crippen LogP) is 3.95. The maximum absolute atomic E-state index is 12.2. The number of halogens is 1. The molecule has 0 aliphatic rings. The first-order valence-corrected chi connectivity index (χ1v) is 9.56. The average molecular weight is 404 g/mol. The summed E-state index contributed by atoms with van der Waals surface area (Å²) in [5, 5.41) is 5.85. The molecule has 2 rings (SSSR count). The molecule has 7 heteroatoms. The van der Waals surface area contributed by atoms with Gasteiger partial charge in [-0.25, -0.2) is 0 Å². The van der Waals surface area contributed by atoms with E-state index >= 15 is 0 Å². The van der Waals surface area contributed by atoms with Crippen molar-refractivity contribution in [3.63, 3.8) is 0 Å². The molecule has 0 saturated heterocycles. The summed E-state index contributed by atoms with van der Waals surface area (Å²) in [5.74, 6) is 0.0681. The van der Waals surface area contributed by atoms with E-state index in [4.69, 9.17) is 16.3 Å². The number of ether oxygens (including phenoxy) is 1. The number of hydrogen-bond acceptors (Lipinski definition) is 4. The van der Waals surface area contributed by atoms with Crippen LogP contribution in [-0.2, 0) is 4.79 Å². The van der Waals surface area contributed by atoms with Crippen LogP contribution in [0, 0.1) is 0 Å². The summed E-state index contributed by atoms with van der Waals surface area (Å²) in [6.07, 6.45) is 2.05. The number of nitrogens with one attached hydrogen (secondary N) is 2. The van der Waals surface area contributed by atoms with Crippen LogP contribution in [0.25, 0.3) is 0 Å². The monoisotopic (exact) mass is 403 g/mol. The molecule has 2 aromatic rings. The van der Waals surface area contributed by atoms with Crippen molar-refractivity contribution < 1.29 is 14.3 Å². The van der Waals surface area contributed by atoms with Crippen molar-refractivity contribution in [3.05, 3.63) is 53.1 Å². The number of nitrogens with zero attached hydrogens (tertiary/aromatic N) is 1. The average Bonchev–Trinajstić information content (AvgIpc) is 2.66. The third-order valence-corrected chi connectivity index (χ3v) is 4.31. The van der Waals surface area contributed by atoms with Crippen molar-refractivity contribution in [1.82, 2.24) is 5.32 Å². The first-order chi connectivity index (χ1) is 13.4. The number of amides is 2. The molecule has 0 atom stereocenters. The van der Waals surface area contributed by atoms with E-state index in [1.165, 1.54) is 0 Å². The Hall–Kier alpha value is -2.73. The number of anilines is 2. The summed E-state index contributed by atoms with van der Waals surface area (Å²) in [4.78, 5) is 26.2. The fraction of sp³-hybridized carbons (Fsp3) is 0.333. The van der Waals surface area contributed by atoms with Crippen LogP contribution in [-0.4, -0.2) is 39.1 Å². The number of carbonyl (C=O) groups excluding carboxylic acids is 2. The summed E-state index contributed by atoms with van der Waals surface area (Å²) in [5.41, 5.74) is 1.90. The van der Waals surface area contributed by atoms with Crippen LogP contribution in [0.1, 0.15) is 30.1 Å². The Balaban J connectivity index is 1.83. The van der Waals surface area contributed by atoms with E-state index in [-0.39, 0.29) is 18.4 Å². The van der Waals surface area contributed by atoms with Crippen molar-refractivity contribution >= 4 is 34.8 Å². The highest BCUT2D eigenvalue weighted by Crippen LogP contribution is 2.27. The maximum atomic E-state index is 12.2. The van der Waals surface area contributed by atoms with E-state index in [0.29, 0.717) is 22.9 Å². The van der Waals surface area contributed by atoms with Gasteiger partial charge in [0.2, 0.25) is 5.91 Å². The van der Waals surface area contributed by atoms with Crippen LogP contribution in [0.15, 0.2) is 42.5 Å². The summed E-state index contributed by atoms with van der Waals surface area (Å²) in [7, 11) is 3.78. The van der Waals surface area contributed by atoms with Gasteiger partial charge in [0, 0.05) is 25.3 Å². The van der Waals surface area contributed by atoms with E-state index in [1.807, 2.05) is 25.1 Å². The number of carbonyl (C=O) groups is 2. The Morgan fingerprint density at radius 2 is 1.82 bits per heavy atom. The molecule has 2 amide bonds. The summed E-state index contributed by atoms with van der Waals surface area (Å²) < 4.78 is 5.57. The van der Waals surface area contributed by atoms with Crippen molar-refractivity contribution in [2.24, 2.45) is 0 Å². The van der Waals surface area contributed by atoms with Crippen LogP contribution in [0.4, 0.5) is 11.4 Å². The van der Waals surface area contributed by atoms with Gasteiger partial charge < -0.3 is 20.3 Å². The second-order valence-electron chi connectivity index (χ2n) is 6.52. The Morgan fingerprint density at radius 3 is 2.43 bits per heavy atom. The molecule has 0 aliphatic heterocycles. The lowest BCUT2D eigenvalue weighted by atomic mass is 10.2. The fourth-order valence-electron chi connectivity index (χ4n) is 2.45. The largest absolute Gasteiger partial charge is 0.494 e. The zero-order chi connectivity index (χ0) is 20.5. The van der Waals surface area contributed by atoms with Crippen LogP contribution in [0.2, 0.25) is 5.02 Å². The Labute approximate surface area is 170 Å². The summed E-state index contributed by atoms with van der Waals surface area (Å²) in [6, 6.07) is 12.1. The van der Waals surface area contributed by atoms with Gasteiger partial charge in [0.1, 0.15) is 5.75 Å². The van der Waals surface area contributed by atoms with Crippen molar-refractivity contribution in [2.45, 2.75) is 19.8 Å². The van der Waals surface area contributed by atoms with Gasteiger partial charge in [0.15, 0.2) is 0 Å². The smallest absolute Gasteiger partial charge is 0.251 e. The molecule has 0 unspecified atom stereocenters. The molecule has 6 nitrogen and oxygen atoms in total. The summed E-state index contributed by atoms with van der Waals surface area (Å²) in [6.45, 7) is 2.61. The molecule has 0 fully saturated rings. The Bertz CT molecular complexity index is 807. The molecule has 0 saturated carbocycles. The van der Waals surface area contributed by atoms with E-state index in [2.05, 4.69) is 17.6 Å². The van der Waals surface area contributed by atoms with Gasteiger partial charge in [0.05, 0.1) is 23.9 Å². The molecule has 0 aliphatic carbocycles. The topological polar surface area (TPSA) is 70.7 Å². The Morgan fingerprint density at radius 1 is 1.11 bits per heavy atom. The Kier molecular flexibility index (Phi) is 8.14.